The first-order chi connectivity index (χ1) is 9.04. The Kier molecular flexibility index (Phi) is 7.61. The second-order valence-corrected chi connectivity index (χ2v) is 5.78. The average Bonchev–Trinajstić information content (AvgIpc) is 2.39. The predicted molar refractivity (Wildman–Crippen MR) is 82.3 cm³/mol. The quantitative estimate of drug-likeness (QED) is 0.769. The third kappa shape index (κ3) is 6.04. The number of nitrogens with one attached hydrogen (secondary N) is 1. The van der Waals surface area contributed by atoms with Gasteiger partial charge in [0, 0.05) is 17.1 Å². The Balaban J connectivity index is 2.47. The summed E-state index contributed by atoms with van der Waals surface area (Å²) in [4.78, 5) is 0. The van der Waals surface area contributed by atoms with Gasteiger partial charge in [-0.25, -0.2) is 0 Å². The lowest BCUT2D eigenvalue weighted by atomic mass is 10.0. The molecule has 2 atom stereocenters. The van der Waals surface area contributed by atoms with Crippen molar-refractivity contribution in [1.82, 2.24) is 5.32 Å². The lowest BCUT2D eigenvalue weighted by Crippen LogP contribution is -2.33. The second-order valence-electron chi connectivity index (χ2n) is 4.93. The molecule has 0 bridgehead atoms. The summed E-state index contributed by atoms with van der Waals surface area (Å²) in [6.45, 7) is 6.98. The molecule has 0 amide bonds. The molecule has 0 heterocycles. The summed E-state index contributed by atoms with van der Waals surface area (Å²) in [5.74, 6) is 0. The molecule has 0 spiro atoms. The highest BCUT2D eigenvalue weighted by atomic mass is 79.9. The Morgan fingerprint density at radius 1 is 1.32 bits per heavy atom. The monoisotopic (exact) mass is 329 g/mol. The minimum Gasteiger partial charge on any atom is -0.389 e. The molecule has 108 valence electrons. The largest absolute Gasteiger partial charge is 0.389 e. The molecule has 0 fully saturated rings. The van der Waals surface area contributed by atoms with Gasteiger partial charge in [-0.3, -0.25) is 0 Å². The number of hydrogen-bond donors (Lipinski definition) is 2. The fraction of sp³-hybridized carbons (Fsp3) is 0.600. The highest BCUT2D eigenvalue weighted by Crippen LogP contribution is 2.25. The van der Waals surface area contributed by atoms with E-state index >= 15 is 0 Å². The van der Waals surface area contributed by atoms with Crippen molar-refractivity contribution >= 4 is 15.9 Å². The zero-order chi connectivity index (χ0) is 14.3. The summed E-state index contributed by atoms with van der Waals surface area (Å²) in [7, 11) is 0. The van der Waals surface area contributed by atoms with Crippen LogP contribution in [0, 0.1) is 0 Å². The number of hydrogen-bond acceptors (Lipinski definition) is 3. The van der Waals surface area contributed by atoms with Crippen LogP contribution in [0.1, 0.15) is 38.8 Å². The molecule has 2 N–H and O–H groups in total. The summed E-state index contributed by atoms with van der Waals surface area (Å²) in [6, 6.07) is 8.42. The number of rotatable bonds is 8. The molecule has 1 aromatic rings. The highest BCUT2D eigenvalue weighted by molar-refractivity contribution is 9.10. The van der Waals surface area contributed by atoms with Crippen LogP contribution >= 0.6 is 15.9 Å². The van der Waals surface area contributed by atoms with Gasteiger partial charge in [-0.15, -0.1) is 0 Å². The summed E-state index contributed by atoms with van der Waals surface area (Å²) in [5, 5.41) is 13.2. The zero-order valence-corrected chi connectivity index (χ0v) is 13.5. The third-order valence-corrected chi connectivity index (χ3v) is 3.63. The van der Waals surface area contributed by atoms with Crippen LogP contribution in [-0.4, -0.2) is 30.5 Å². The van der Waals surface area contributed by atoms with Crippen molar-refractivity contribution in [3.05, 3.63) is 34.3 Å². The van der Waals surface area contributed by atoms with Crippen molar-refractivity contribution in [3.8, 4) is 0 Å². The van der Waals surface area contributed by atoms with Crippen molar-refractivity contribution < 1.29 is 9.84 Å². The van der Waals surface area contributed by atoms with E-state index in [2.05, 4.69) is 34.2 Å². The Morgan fingerprint density at radius 3 is 2.58 bits per heavy atom. The Hall–Kier alpha value is -0.420. The van der Waals surface area contributed by atoms with Gasteiger partial charge in [-0.1, -0.05) is 41.1 Å². The van der Waals surface area contributed by atoms with Crippen LogP contribution in [0.3, 0.4) is 0 Å². The number of halogens is 1. The topological polar surface area (TPSA) is 41.5 Å². The van der Waals surface area contributed by atoms with E-state index in [9.17, 15) is 5.11 Å². The maximum atomic E-state index is 9.86. The summed E-state index contributed by atoms with van der Waals surface area (Å²) in [5.41, 5.74) is 1.22. The maximum absolute atomic E-state index is 9.86. The predicted octanol–water partition coefficient (Wildman–Crippen LogP) is 3.28. The summed E-state index contributed by atoms with van der Waals surface area (Å²) < 4.78 is 6.50. The number of aliphatic hydroxyl groups is 1. The van der Waals surface area contributed by atoms with Gasteiger partial charge in [0.1, 0.15) is 0 Å². The fourth-order valence-electron chi connectivity index (χ4n) is 1.87. The van der Waals surface area contributed by atoms with Gasteiger partial charge in [0.2, 0.25) is 0 Å². The van der Waals surface area contributed by atoms with E-state index in [1.165, 1.54) is 5.56 Å². The summed E-state index contributed by atoms with van der Waals surface area (Å²) >= 11 is 3.57. The van der Waals surface area contributed by atoms with Crippen LogP contribution < -0.4 is 5.32 Å². The Morgan fingerprint density at radius 2 is 2.00 bits per heavy atom. The van der Waals surface area contributed by atoms with E-state index in [1.807, 2.05) is 32.0 Å². The molecule has 0 aliphatic carbocycles. The van der Waals surface area contributed by atoms with Gasteiger partial charge in [-0.2, -0.15) is 0 Å². The second kappa shape index (κ2) is 8.69. The van der Waals surface area contributed by atoms with Crippen molar-refractivity contribution in [1.29, 1.82) is 0 Å². The number of ether oxygens (including phenoxy) is 1. The molecule has 4 heteroatoms. The van der Waals surface area contributed by atoms with Gasteiger partial charge in [0.25, 0.3) is 0 Å². The minimum atomic E-state index is -0.473. The molecule has 0 aliphatic rings. The third-order valence-electron chi connectivity index (χ3n) is 2.91. The molecule has 1 aromatic carbocycles. The highest BCUT2D eigenvalue weighted by Gasteiger charge is 2.14. The van der Waals surface area contributed by atoms with Crippen molar-refractivity contribution in [2.24, 2.45) is 0 Å². The van der Waals surface area contributed by atoms with Crippen molar-refractivity contribution in [3.63, 3.8) is 0 Å². The molecule has 0 radical (unpaired) electrons. The van der Waals surface area contributed by atoms with E-state index in [0.717, 1.165) is 10.9 Å². The van der Waals surface area contributed by atoms with E-state index < -0.39 is 6.10 Å². The molecular formula is C15H24BrNO2. The fourth-order valence-corrected chi connectivity index (χ4v) is 2.43. The van der Waals surface area contributed by atoms with Crippen LogP contribution in [0.25, 0.3) is 0 Å². The standard InChI is InChI=1S/C15H24BrNO2/c1-4-15(13-7-5-6-8-14(13)16)17-9-12(18)10-19-11(2)3/h5-8,11-12,15,17-18H,4,9-10H2,1-3H3. The van der Waals surface area contributed by atoms with Gasteiger partial charge < -0.3 is 15.2 Å². The van der Waals surface area contributed by atoms with Crippen molar-refractivity contribution in [2.75, 3.05) is 13.2 Å². The normalized spacial score (nSPS) is 14.6. The first-order valence-electron chi connectivity index (χ1n) is 6.82. The van der Waals surface area contributed by atoms with E-state index in [1.54, 1.807) is 0 Å². The maximum Gasteiger partial charge on any atom is 0.0898 e. The molecule has 3 nitrogen and oxygen atoms in total. The van der Waals surface area contributed by atoms with Crippen LogP contribution in [0.15, 0.2) is 28.7 Å². The SMILES string of the molecule is CCC(NCC(O)COC(C)C)c1ccccc1Br. The molecule has 1 rings (SSSR count). The Labute approximate surface area is 124 Å². The van der Waals surface area contributed by atoms with Gasteiger partial charge in [0.05, 0.1) is 18.8 Å². The van der Waals surface area contributed by atoms with Crippen molar-refractivity contribution in [2.45, 2.75) is 45.4 Å². The lowest BCUT2D eigenvalue weighted by Gasteiger charge is -2.21. The van der Waals surface area contributed by atoms with Gasteiger partial charge >= 0.3 is 0 Å². The average molecular weight is 330 g/mol. The van der Waals surface area contributed by atoms with Crippen LogP contribution in [0.5, 0.6) is 0 Å². The summed E-state index contributed by atoms with van der Waals surface area (Å²) in [6.07, 6.45) is 0.652. The molecule has 0 saturated heterocycles. The van der Waals surface area contributed by atoms with Crippen LogP contribution in [0.2, 0.25) is 0 Å². The first-order valence-corrected chi connectivity index (χ1v) is 7.61. The first kappa shape index (κ1) is 16.6. The van der Waals surface area contributed by atoms with E-state index in [0.29, 0.717) is 13.2 Å². The van der Waals surface area contributed by atoms with Crippen LogP contribution in [-0.2, 0) is 4.74 Å². The Bertz CT molecular complexity index is 371. The van der Waals surface area contributed by atoms with Gasteiger partial charge in [0.15, 0.2) is 0 Å². The van der Waals surface area contributed by atoms with Crippen LogP contribution in [0.4, 0.5) is 0 Å². The molecule has 19 heavy (non-hydrogen) atoms. The van der Waals surface area contributed by atoms with E-state index in [4.69, 9.17) is 4.74 Å². The number of aliphatic hydroxyl groups excluding tert-OH is 1. The molecule has 0 saturated carbocycles. The molecule has 0 aliphatic heterocycles. The zero-order valence-electron chi connectivity index (χ0n) is 11.9. The minimum absolute atomic E-state index is 0.153. The molecule has 0 aromatic heterocycles. The molecule has 2 unspecified atom stereocenters. The smallest absolute Gasteiger partial charge is 0.0898 e. The molecular weight excluding hydrogens is 306 g/mol. The number of benzene rings is 1. The van der Waals surface area contributed by atoms with E-state index in [-0.39, 0.29) is 12.1 Å². The lowest BCUT2D eigenvalue weighted by molar-refractivity contribution is 0.00537. The van der Waals surface area contributed by atoms with Gasteiger partial charge in [-0.05, 0) is 31.9 Å².